The molecule has 3 heterocycles. The second-order valence-electron chi connectivity index (χ2n) is 7.23. The summed E-state index contributed by atoms with van der Waals surface area (Å²) in [5.41, 5.74) is 0.945. The molecular weight excluding hydrogens is 325 g/mol. The molecule has 4 rings (SSSR count). The third kappa shape index (κ3) is 3.25. The monoisotopic (exact) mass is 347 g/mol. The maximum atomic E-state index is 13.0. The third-order valence-corrected chi connectivity index (χ3v) is 5.58. The van der Waals surface area contributed by atoms with E-state index in [1.54, 1.807) is 17.3 Å². The molecule has 134 valence electrons. The summed E-state index contributed by atoms with van der Waals surface area (Å²) in [6.07, 6.45) is 3.16. The van der Waals surface area contributed by atoms with Crippen molar-refractivity contribution in [3.8, 4) is 0 Å². The summed E-state index contributed by atoms with van der Waals surface area (Å²) < 4.78 is 18.7. The molecule has 1 N–H and O–H groups in total. The number of amides is 2. The van der Waals surface area contributed by atoms with Gasteiger partial charge >= 0.3 is 0 Å². The van der Waals surface area contributed by atoms with E-state index in [-0.39, 0.29) is 35.7 Å². The van der Waals surface area contributed by atoms with Gasteiger partial charge in [0.1, 0.15) is 6.17 Å². The molecule has 3 aliphatic rings. The van der Waals surface area contributed by atoms with Crippen LogP contribution in [0.5, 0.6) is 0 Å². The largest absolute Gasteiger partial charge is 0.375 e. The highest BCUT2D eigenvalue weighted by Crippen LogP contribution is 2.37. The average molecular weight is 347 g/mol. The predicted molar refractivity (Wildman–Crippen MR) is 87.0 cm³/mol. The molecule has 7 heteroatoms. The zero-order valence-electron chi connectivity index (χ0n) is 13.9. The lowest BCUT2D eigenvalue weighted by Gasteiger charge is -2.32. The Balaban J connectivity index is 1.32. The number of rotatable bonds is 4. The lowest BCUT2D eigenvalue weighted by atomic mass is 9.82. The van der Waals surface area contributed by atoms with Gasteiger partial charge in [0.05, 0.1) is 18.6 Å². The molecule has 2 aliphatic heterocycles. The van der Waals surface area contributed by atoms with Crippen LogP contribution in [-0.4, -0.2) is 53.7 Å². The Hall–Kier alpha value is -2.02. The van der Waals surface area contributed by atoms with Gasteiger partial charge in [0.25, 0.3) is 0 Å². The van der Waals surface area contributed by atoms with Gasteiger partial charge in [-0.2, -0.15) is 0 Å². The lowest BCUT2D eigenvalue weighted by Crippen LogP contribution is -2.43. The molecular formula is C18H22FN3O3. The number of ether oxygens (including phenoxy) is 1. The second-order valence-corrected chi connectivity index (χ2v) is 7.23. The number of alkyl halides is 1. The Bertz CT molecular complexity index is 650. The van der Waals surface area contributed by atoms with Crippen molar-refractivity contribution in [2.45, 2.75) is 31.7 Å². The highest BCUT2D eigenvalue weighted by molar-refractivity contribution is 5.82. The van der Waals surface area contributed by atoms with Crippen molar-refractivity contribution in [1.82, 2.24) is 15.2 Å². The molecule has 0 bridgehead atoms. The Kier molecular flexibility index (Phi) is 4.41. The van der Waals surface area contributed by atoms with Crippen molar-refractivity contribution in [3.05, 3.63) is 30.1 Å². The van der Waals surface area contributed by atoms with Crippen molar-refractivity contribution in [2.24, 2.45) is 17.8 Å². The van der Waals surface area contributed by atoms with Crippen molar-refractivity contribution in [1.29, 1.82) is 0 Å². The van der Waals surface area contributed by atoms with E-state index in [0.29, 0.717) is 39.1 Å². The quantitative estimate of drug-likeness (QED) is 0.879. The summed E-state index contributed by atoms with van der Waals surface area (Å²) >= 11 is 0. The number of nitrogens with zero attached hydrogens (tertiary/aromatic N) is 2. The molecule has 0 spiro atoms. The maximum Gasteiger partial charge on any atom is 0.226 e. The minimum absolute atomic E-state index is 0.0152. The minimum atomic E-state index is -0.835. The molecule has 3 atom stereocenters. The summed E-state index contributed by atoms with van der Waals surface area (Å²) in [5, 5.41) is 2.94. The number of aromatic nitrogens is 1. The summed E-state index contributed by atoms with van der Waals surface area (Å²) in [6, 6.07) is 3.74. The number of hydrogen-bond acceptors (Lipinski definition) is 4. The van der Waals surface area contributed by atoms with E-state index in [1.807, 2.05) is 12.1 Å². The number of pyridine rings is 1. The summed E-state index contributed by atoms with van der Waals surface area (Å²) in [7, 11) is 0. The fourth-order valence-corrected chi connectivity index (χ4v) is 3.99. The summed E-state index contributed by atoms with van der Waals surface area (Å²) in [4.78, 5) is 30.7. The van der Waals surface area contributed by atoms with E-state index in [9.17, 15) is 14.0 Å². The first kappa shape index (κ1) is 16.4. The molecule has 1 aromatic heterocycles. The number of fused-ring (bicyclic) bond motifs is 1. The van der Waals surface area contributed by atoms with Crippen molar-refractivity contribution in [3.63, 3.8) is 0 Å². The number of carbonyl (C=O) groups is 2. The Labute approximate surface area is 145 Å². The van der Waals surface area contributed by atoms with Gasteiger partial charge in [-0.25, -0.2) is 4.39 Å². The molecule has 1 aromatic rings. The van der Waals surface area contributed by atoms with E-state index >= 15 is 0 Å². The van der Waals surface area contributed by atoms with Crippen LogP contribution in [0.25, 0.3) is 0 Å². The van der Waals surface area contributed by atoms with Crippen LogP contribution >= 0.6 is 0 Å². The fraction of sp³-hybridized carbons (Fsp3) is 0.611. The van der Waals surface area contributed by atoms with Gasteiger partial charge in [0.15, 0.2) is 0 Å². The van der Waals surface area contributed by atoms with Gasteiger partial charge in [0, 0.05) is 43.9 Å². The zero-order valence-corrected chi connectivity index (χ0v) is 13.9. The summed E-state index contributed by atoms with van der Waals surface area (Å²) in [5.74, 6) is -0.430. The molecule has 6 nitrogen and oxygen atoms in total. The Morgan fingerprint density at radius 2 is 2.20 bits per heavy atom. The second kappa shape index (κ2) is 6.71. The number of halogens is 1. The number of carbonyl (C=O) groups excluding carboxylic acids is 2. The third-order valence-electron chi connectivity index (χ3n) is 5.58. The van der Waals surface area contributed by atoms with Gasteiger partial charge in [-0.05, 0) is 24.5 Å². The first-order valence-corrected chi connectivity index (χ1v) is 8.83. The maximum absolute atomic E-state index is 13.0. The first-order chi connectivity index (χ1) is 12.1. The molecule has 0 unspecified atom stereocenters. The van der Waals surface area contributed by atoms with Crippen molar-refractivity contribution < 1.29 is 18.7 Å². The topological polar surface area (TPSA) is 71.5 Å². The van der Waals surface area contributed by atoms with Crippen LogP contribution in [0.3, 0.4) is 0 Å². The molecule has 1 aliphatic carbocycles. The first-order valence-electron chi connectivity index (χ1n) is 8.83. The minimum Gasteiger partial charge on any atom is -0.375 e. The number of likely N-dealkylation sites (tertiary alicyclic amines) is 1. The molecule has 2 amide bonds. The normalized spacial score (nSPS) is 33.6. The molecule has 3 fully saturated rings. The van der Waals surface area contributed by atoms with Crippen LogP contribution in [0.4, 0.5) is 4.39 Å². The Morgan fingerprint density at radius 3 is 2.92 bits per heavy atom. The molecule has 25 heavy (non-hydrogen) atoms. The average Bonchev–Trinajstić information content (AvgIpc) is 3.18. The summed E-state index contributed by atoms with van der Waals surface area (Å²) in [6.45, 7) is 1.88. The van der Waals surface area contributed by atoms with Gasteiger partial charge in [-0.3, -0.25) is 14.6 Å². The Morgan fingerprint density at radius 1 is 1.36 bits per heavy atom. The van der Waals surface area contributed by atoms with Crippen molar-refractivity contribution >= 4 is 11.8 Å². The molecule has 0 radical (unpaired) electrons. The van der Waals surface area contributed by atoms with Crippen LogP contribution in [0, 0.1) is 17.8 Å². The van der Waals surface area contributed by atoms with E-state index in [0.717, 1.165) is 5.56 Å². The van der Waals surface area contributed by atoms with Crippen molar-refractivity contribution in [2.75, 3.05) is 19.7 Å². The SMILES string of the molecule is O=C(NCc1cccnc1)[C@H]1CO[C@@H]2CN(C(=O)C3CC(F)C3)C[C@H]12. The van der Waals surface area contributed by atoms with Crippen LogP contribution in [0.1, 0.15) is 18.4 Å². The molecule has 2 saturated heterocycles. The zero-order chi connectivity index (χ0) is 17.4. The van der Waals surface area contributed by atoms with Crippen LogP contribution < -0.4 is 5.32 Å². The van der Waals surface area contributed by atoms with Crippen LogP contribution in [0.15, 0.2) is 24.5 Å². The van der Waals surface area contributed by atoms with E-state index < -0.39 is 6.17 Å². The highest BCUT2D eigenvalue weighted by atomic mass is 19.1. The molecule has 1 saturated carbocycles. The predicted octanol–water partition coefficient (Wildman–Crippen LogP) is 0.919. The van der Waals surface area contributed by atoms with E-state index in [2.05, 4.69) is 10.3 Å². The van der Waals surface area contributed by atoms with Crippen LogP contribution in [-0.2, 0) is 20.9 Å². The molecule has 0 aromatic carbocycles. The lowest BCUT2D eigenvalue weighted by molar-refractivity contribution is -0.140. The number of hydrogen-bond donors (Lipinski definition) is 1. The number of nitrogens with one attached hydrogen (secondary N) is 1. The smallest absolute Gasteiger partial charge is 0.226 e. The van der Waals surface area contributed by atoms with Gasteiger partial charge < -0.3 is 15.0 Å². The van der Waals surface area contributed by atoms with E-state index in [4.69, 9.17) is 4.74 Å². The van der Waals surface area contributed by atoms with Gasteiger partial charge in [0.2, 0.25) is 11.8 Å². The van der Waals surface area contributed by atoms with Gasteiger partial charge in [-0.1, -0.05) is 6.07 Å². The van der Waals surface area contributed by atoms with Crippen LogP contribution in [0.2, 0.25) is 0 Å². The van der Waals surface area contributed by atoms with Gasteiger partial charge in [-0.15, -0.1) is 0 Å². The van der Waals surface area contributed by atoms with E-state index in [1.165, 1.54) is 0 Å². The standard InChI is InChI=1S/C18H22FN3O3/c19-13-4-12(5-13)18(24)22-8-14-15(10-25-16(14)9-22)17(23)21-7-11-2-1-3-20-6-11/h1-3,6,12-16H,4-5,7-10H2,(H,21,23)/t12?,13?,14-,15+,16-/m1/s1. The highest BCUT2D eigenvalue weighted by Gasteiger charge is 2.49. The fourth-order valence-electron chi connectivity index (χ4n) is 3.99.